The van der Waals surface area contributed by atoms with E-state index in [2.05, 4.69) is 17.1 Å². The molecule has 116 valence electrons. The molecule has 1 aromatic carbocycles. The molecule has 0 aromatic heterocycles. The smallest absolute Gasteiger partial charge is 0.253 e. The van der Waals surface area contributed by atoms with Crippen molar-refractivity contribution in [1.29, 1.82) is 0 Å². The minimum Gasteiger partial charge on any atom is -0.378 e. The summed E-state index contributed by atoms with van der Waals surface area (Å²) < 4.78 is 0. The number of aliphatic hydroxyl groups excluding tert-OH is 1. The van der Waals surface area contributed by atoms with Crippen LogP contribution in [0.15, 0.2) is 30.3 Å². The summed E-state index contributed by atoms with van der Waals surface area (Å²) in [5, 5.41) is 12.8. The minimum absolute atomic E-state index is 0.314. The average Bonchev–Trinajstić information content (AvgIpc) is 2.55. The lowest BCUT2D eigenvalue weighted by atomic mass is 10.0. The monoisotopic (exact) mass is 290 g/mol. The number of likely N-dealkylation sites (tertiary alicyclic amines) is 1. The fourth-order valence-electron chi connectivity index (χ4n) is 3.02. The Hall–Kier alpha value is -1.39. The highest BCUT2D eigenvalue weighted by Gasteiger charge is 2.21. The Morgan fingerprint density at radius 3 is 2.86 bits per heavy atom. The molecule has 1 amide bonds. The van der Waals surface area contributed by atoms with E-state index < -0.39 is 6.10 Å². The molecule has 1 aliphatic heterocycles. The van der Waals surface area contributed by atoms with Gasteiger partial charge >= 0.3 is 0 Å². The first-order valence-corrected chi connectivity index (χ1v) is 7.97. The van der Waals surface area contributed by atoms with Gasteiger partial charge in [-0.25, -0.2) is 0 Å². The van der Waals surface area contributed by atoms with E-state index in [0.29, 0.717) is 18.2 Å². The van der Waals surface area contributed by atoms with Gasteiger partial charge in [-0.1, -0.05) is 43.7 Å². The molecule has 1 fully saturated rings. The SMILES string of the molecule is CCC1CCCCN1CCNC(=O)C(O)c1ccccc1. The zero-order chi connectivity index (χ0) is 15.1. The van der Waals surface area contributed by atoms with Crippen LogP contribution in [0.5, 0.6) is 0 Å². The maximum absolute atomic E-state index is 12.0. The Labute approximate surface area is 127 Å². The van der Waals surface area contributed by atoms with Crippen molar-refractivity contribution in [3.05, 3.63) is 35.9 Å². The quantitative estimate of drug-likeness (QED) is 0.843. The molecule has 0 saturated carbocycles. The molecule has 0 radical (unpaired) electrons. The third-order valence-corrected chi connectivity index (χ3v) is 4.28. The third-order valence-electron chi connectivity index (χ3n) is 4.28. The summed E-state index contributed by atoms with van der Waals surface area (Å²) in [7, 11) is 0. The van der Waals surface area contributed by atoms with E-state index in [4.69, 9.17) is 0 Å². The van der Waals surface area contributed by atoms with Crippen molar-refractivity contribution in [2.45, 2.75) is 44.8 Å². The predicted molar refractivity (Wildman–Crippen MR) is 83.9 cm³/mol. The molecule has 1 heterocycles. The van der Waals surface area contributed by atoms with E-state index in [0.717, 1.165) is 13.1 Å². The molecule has 1 saturated heterocycles. The number of piperidine rings is 1. The fourth-order valence-corrected chi connectivity index (χ4v) is 3.02. The Bertz CT molecular complexity index is 436. The van der Waals surface area contributed by atoms with Gasteiger partial charge in [-0.05, 0) is 31.4 Å². The second-order valence-electron chi connectivity index (χ2n) is 5.70. The molecule has 2 N–H and O–H groups in total. The number of benzene rings is 1. The standard InChI is InChI=1S/C17H26N2O2/c1-2-15-10-6-7-12-19(15)13-11-18-17(21)16(20)14-8-4-3-5-9-14/h3-5,8-9,15-16,20H,2,6-7,10-13H2,1H3,(H,18,21). The third kappa shape index (κ3) is 4.55. The molecule has 2 rings (SSSR count). The van der Waals surface area contributed by atoms with Crippen molar-refractivity contribution in [3.8, 4) is 0 Å². The van der Waals surface area contributed by atoms with Gasteiger partial charge < -0.3 is 10.4 Å². The zero-order valence-corrected chi connectivity index (χ0v) is 12.8. The van der Waals surface area contributed by atoms with Gasteiger partial charge in [-0.15, -0.1) is 0 Å². The lowest BCUT2D eigenvalue weighted by Crippen LogP contribution is -2.44. The van der Waals surface area contributed by atoms with Crippen LogP contribution in [0.25, 0.3) is 0 Å². The molecule has 1 aliphatic rings. The van der Waals surface area contributed by atoms with E-state index in [-0.39, 0.29) is 5.91 Å². The van der Waals surface area contributed by atoms with Crippen LogP contribution in [0.2, 0.25) is 0 Å². The van der Waals surface area contributed by atoms with E-state index >= 15 is 0 Å². The van der Waals surface area contributed by atoms with E-state index in [1.54, 1.807) is 12.1 Å². The summed E-state index contributed by atoms with van der Waals surface area (Å²) in [4.78, 5) is 14.4. The van der Waals surface area contributed by atoms with Crippen molar-refractivity contribution < 1.29 is 9.90 Å². The van der Waals surface area contributed by atoms with Gasteiger partial charge in [0.05, 0.1) is 0 Å². The molecule has 2 unspecified atom stereocenters. The predicted octanol–water partition coefficient (Wildman–Crippen LogP) is 2.10. The van der Waals surface area contributed by atoms with Gasteiger partial charge in [-0.2, -0.15) is 0 Å². The van der Waals surface area contributed by atoms with Crippen LogP contribution in [-0.4, -0.2) is 41.6 Å². The van der Waals surface area contributed by atoms with Gasteiger partial charge in [0, 0.05) is 19.1 Å². The first-order chi connectivity index (χ1) is 10.2. The van der Waals surface area contributed by atoms with Crippen molar-refractivity contribution in [3.63, 3.8) is 0 Å². The Morgan fingerprint density at radius 2 is 2.14 bits per heavy atom. The zero-order valence-electron chi connectivity index (χ0n) is 12.8. The largest absolute Gasteiger partial charge is 0.378 e. The number of rotatable bonds is 6. The van der Waals surface area contributed by atoms with Crippen LogP contribution in [-0.2, 0) is 4.79 Å². The van der Waals surface area contributed by atoms with Gasteiger partial charge in [0.15, 0.2) is 6.10 Å². The van der Waals surface area contributed by atoms with Crippen LogP contribution in [0, 0.1) is 0 Å². The highest BCUT2D eigenvalue weighted by molar-refractivity contribution is 5.81. The minimum atomic E-state index is -1.07. The number of aliphatic hydroxyl groups is 1. The fraction of sp³-hybridized carbons (Fsp3) is 0.588. The normalized spacial score (nSPS) is 21.0. The van der Waals surface area contributed by atoms with Crippen LogP contribution < -0.4 is 5.32 Å². The number of nitrogens with one attached hydrogen (secondary N) is 1. The van der Waals surface area contributed by atoms with Crippen LogP contribution in [0.4, 0.5) is 0 Å². The summed E-state index contributed by atoms with van der Waals surface area (Å²) >= 11 is 0. The lowest BCUT2D eigenvalue weighted by molar-refractivity contribution is -0.129. The molecule has 1 aromatic rings. The molecule has 0 bridgehead atoms. The van der Waals surface area contributed by atoms with E-state index in [1.165, 1.54) is 25.7 Å². The Kier molecular flexibility index (Phi) is 6.21. The van der Waals surface area contributed by atoms with Crippen LogP contribution >= 0.6 is 0 Å². The number of carbonyl (C=O) groups excluding carboxylic acids is 1. The molecule has 21 heavy (non-hydrogen) atoms. The number of amides is 1. The number of nitrogens with zero attached hydrogens (tertiary/aromatic N) is 1. The highest BCUT2D eigenvalue weighted by atomic mass is 16.3. The Morgan fingerprint density at radius 1 is 1.38 bits per heavy atom. The second kappa shape index (κ2) is 8.15. The maximum atomic E-state index is 12.0. The topological polar surface area (TPSA) is 52.6 Å². The summed E-state index contributed by atoms with van der Waals surface area (Å²) in [6.07, 6.45) is 3.91. The summed E-state index contributed by atoms with van der Waals surface area (Å²) in [5.41, 5.74) is 0.638. The van der Waals surface area contributed by atoms with Gasteiger partial charge in [0.25, 0.3) is 5.91 Å². The van der Waals surface area contributed by atoms with E-state index in [1.807, 2.05) is 18.2 Å². The van der Waals surface area contributed by atoms with Crippen molar-refractivity contribution in [2.24, 2.45) is 0 Å². The van der Waals surface area contributed by atoms with Crippen LogP contribution in [0.3, 0.4) is 0 Å². The van der Waals surface area contributed by atoms with Gasteiger partial charge in [0.1, 0.15) is 0 Å². The van der Waals surface area contributed by atoms with Crippen molar-refractivity contribution in [1.82, 2.24) is 10.2 Å². The van der Waals surface area contributed by atoms with Gasteiger partial charge in [-0.3, -0.25) is 9.69 Å². The summed E-state index contributed by atoms with van der Waals surface area (Å²) in [6.45, 7) is 4.81. The highest BCUT2D eigenvalue weighted by Crippen LogP contribution is 2.18. The molecular formula is C17H26N2O2. The number of carbonyl (C=O) groups is 1. The second-order valence-corrected chi connectivity index (χ2v) is 5.70. The average molecular weight is 290 g/mol. The number of hydrogen-bond acceptors (Lipinski definition) is 3. The lowest BCUT2D eigenvalue weighted by Gasteiger charge is -2.35. The molecule has 0 spiro atoms. The Balaban J connectivity index is 1.76. The summed E-state index contributed by atoms with van der Waals surface area (Å²) in [5.74, 6) is -0.314. The maximum Gasteiger partial charge on any atom is 0.253 e. The first-order valence-electron chi connectivity index (χ1n) is 7.97. The molecular weight excluding hydrogens is 264 g/mol. The molecule has 4 heteroatoms. The van der Waals surface area contributed by atoms with Gasteiger partial charge in [0.2, 0.25) is 0 Å². The van der Waals surface area contributed by atoms with Crippen LogP contribution in [0.1, 0.15) is 44.3 Å². The molecule has 0 aliphatic carbocycles. The molecule has 2 atom stereocenters. The van der Waals surface area contributed by atoms with Crippen molar-refractivity contribution >= 4 is 5.91 Å². The van der Waals surface area contributed by atoms with Crippen molar-refractivity contribution in [2.75, 3.05) is 19.6 Å². The number of hydrogen-bond donors (Lipinski definition) is 2. The summed E-state index contributed by atoms with van der Waals surface area (Å²) in [6, 6.07) is 9.70. The van der Waals surface area contributed by atoms with E-state index in [9.17, 15) is 9.90 Å². The molecule has 4 nitrogen and oxygen atoms in total. The first kappa shape index (κ1) is 16.0.